The summed E-state index contributed by atoms with van der Waals surface area (Å²) in [7, 11) is 3.24. The number of aromatic nitrogens is 2. The van der Waals surface area contributed by atoms with E-state index in [1.165, 1.54) is 0 Å². The summed E-state index contributed by atoms with van der Waals surface area (Å²) in [6.45, 7) is 0.624. The Morgan fingerprint density at radius 2 is 1.70 bits per heavy atom. The number of anilines is 3. The van der Waals surface area contributed by atoms with Gasteiger partial charge in [-0.1, -0.05) is 35.9 Å². The Labute approximate surface area is 179 Å². The Morgan fingerprint density at radius 3 is 2.43 bits per heavy atom. The van der Waals surface area contributed by atoms with E-state index in [-0.39, 0.29) is 0 Å². The van der Waals surface area contributed by atoms with Gasteiger partial charge in [-0.15, -0.1) is 0 Å². The van der Waals surface area contributed by atoms with Crippen LogP contribution in [-0.2, 0) is 6.54 Å². The van der Waals surface area contributed by atoms with Crippen molar-refractivity contribution in [3.05, 3.63) is 77.3 Å². The molecule has 0 aliphatic rings. The Balaban J connectivity index is 1.61. The molecule has 0 spiro atoms. The maximum Gasteiger partial charge on any atom is 0.229 e. The Kier molecular flexibility index (Phi) is 5.86. The number of fused-ring (bicyclic) bond motifs is 1. The number of nitrogens with one attached hydrogen (secondary N) is 2. The van der Waals surface area contributed by atoms with Crippen LogP contribution >= 0.6 is 11.6 Å². The fourth-order valence-electron chi connectivity index (χ4n) is 3.07. The molecule has 0 saturated heterocycles. The summed E-state index contributed by atoms with van der Waals surface area (Å²) < 4.78 is 10.4. The second kappa shape index (κ2) is 8.88. The highest BCUT2D eigenvalue weighted by Crippen LogP contribution is 2.29. The van der Waals surface area contributed by atoms with Crippen molar-refractivity contribution in [3.8, 4) is 11.5 Å². The molecule has 3 aromatic carbocycles. The molecule has 0 unspecified atom stereocenters. The van der Waals surface area contributed by atoms with Crippen molar-refractivity contribution in [2.24, 2.45) is 0 Å². The summed E-state index contributed by atoms with van der Waals surface area (Å²) in [6, 6.07) is 21.3. The summed E-state index contributed by atoms with van der Waals surface area (Å²) >= 11 is 6.23. The molecule has 0 radical (unpaired) electrons. The van der Waals surface area contributed by atoms with Crippen LogP contribution in [0.4, 0.5) is 17.5 Å². The van der Waals surface area contributed by atoms with Crippen LogP contribution in [-0.4, -0.2) is 24.2 Å². The molecule has 1 aromatic heterocycles. The molecule has 152 valence electrons. The van der Waals surface area contributed by atoms with Crippen molar-refractivity contribution < 1.29 is 9.47 Å². The third-order valence-electron chi connectivity index (χ3n) is 4.63. The minimum Gasteiger partial charge on any atom is -0.497 e. The molecule has 0 fully saturated rings. The van der Waals surface area contributed by atoms with E-state index >= 15 is 0 Å². The van der Waals surface area contributed by atoms with Crippen LogP contribution in [0.5, 0.6) is 11.5 Å². The molecule has 4 rings (SSSR count). The third-order valence-corrected chi connectivity index (χ3v) is 4.93. The SMILES string of the molecule is COc1ccc(CNc2nc(Nc3ccc(OC)c(Cl)c3)nc3ccccc23)cc1. The van der Waals surface area contributed by atoms with Crippen LogP contribution in [0.2, 0.25) is 5.02 Å². The van der Waals surface area contributed by atoms with E-state index in [2.05, 4.69) is 20.6 Å². The van der Waals surface area contributed by atoms with Crippen LogP contribution in [0.1, 0.15) is 5.56 Å². The van der Waals surface area contributed by atoms with Gasteiger partial charge in [0.15, 0.2) is 0 Å². The zero-order valence-electron chi connectivity index (χ0n) is 16.6. The lowest BCUT2D eigenvalue weighted by molar-refractivity contribution is 0.414. The molecule has 0 aliphatic carbocycles. The zero-order valence-corrected chi connectivity index (χ0v) is 17.4. The Hall–Kier alpha value is -3.51. The van der Waals surface area contributed by atoms with E-state index < -0.39 is 0 Å². The molecule has 6 nitrogen and oxygen atoms in total. The maximum atomic E-state index is 6.23. The molecule has 0 bridgehead atoms. The van der Waals surface area contributed by atoms with Crippen molar-refractivity contribution in [1.82, 2.24) is 9.97 Å². The summed E-state index contributed by atoms with van der Waals surface area (Å²) in [5.74, 6) is 2.67. The van der Waals surface area contributed by atoms with Gasteiger partial charge in [0.1, 0.15) is 17.3 Å². The predicted molar refractivity (Wildman–Crippen MR) is 121 cm³/mol. The van der Waals surface area contributed by atoms with E-state index in [1.54, 1.807) is 26.4 Å². The first-order chi connectivity index (χ1) is 14.7. The lowest BCUT2D eigenvalue weighted by Gasteiger charge is -2.13. The summed E-state index contributed by atoms with van der Waals surface area (Å²) in [6.07, 6.45) is 0. The van der Waals surface area contributed by atoms with Gasteiger partial charge in [-0.3, -0.25) is 0 Å². The van der Waals surface area contributed by atoms with E-state index in [1.807, 2.05) is 54.6 Å². The van der Waals surface area contributed by atoms with Crippen LogP contribution in [0.15, 0.2) is 66.7 Å². The molecule has 2 N–H and O–H groups in total. The Bertz CT molecular complexity index is 1170. The minimum absolute atomic E-state index is 0.479. The number of halogens is 1. The molecular formula is C23H21ClN4O2. The van der Waals surface area contributed by atoms with E-state index in [0.29, 0.717) is 23.3 Å². The van der Waals surface area contributed by atoms with E-state index in [0.717, 1.165) is 33.7 Å². The number of rotatable bonds is 7. The van der Waals surface area contributed by atoms with Crippen molar-refractivity contribution >= 4 is 40.0 Å². The van der Waals surface area contributed by atoms with E-state index in [9.17, 15) is 0 Å². The standard InChI is InChI=1S/C23H21ClN4O2/c1-29-17-10-7-15(8-11-17)14-25-22-18-5-3-4-6-20(18)27-23(28-22)26-16-9-12-21(30-2)19(24)13-16/h3-13H,14H2,1-2H3,(H2,25,26,27,28). The molecule has 1 heterocycles. The average Bonchev–Trinajstić information content (AvgIpc) is 2.78. The lowest BCUT2D eigenvalue weighted by atomic mass is 10.2. The predicted octanol–water partition coefficient (Wildman–Crippen LogP) is 5.66. The highest BCUT2D eigenvalue weighted by molar-refractivity contribution is 6.32. The third kappa shape index (κ3) is 4.39. The zero-order chi connectivity index (χ0) is 20.9. The number of hydrogen-bond donors (Lipinski definition) is 2. The fraction of sp³-hybridized carbons (Fsp3) is 0.130. The number of para-hydroxylation sites is 1. The van der Waals surface area contributed by atoms with Gasteiger partial charge in [0.25, 0.3) is 0 Å². The van der Waals surface area contributed by atoms with Crippen molar-refractivity contribution in [2.75, 3.05) is 24.9 Å². The quantitative estimate of drug-likeness (QED) is 0.402. The minimum atomic E-state index is 0.479. The van der Waals surface area contributed by atoms with Crippen molar-refractivity contribution in [3.63, 3.8) is 0 Å². The number of ether oxygens (including phenoxy) is 2. The molecule has 4 aromatic rings. The monoisotopic (exact) mass is 420 g/mol. The van der Waals surface area contributed by atoms with Gasteiger partial charge in [0, 0.05) is 17.6 Å². The molecule has 0 amide bonds. The molecule has 0 atom stereocenters. The average molecular weight is 421 g/mol. The van der Waals surface area contributed by atoms with Crippen LogP contribution in [0.25, 0.3) is 10.9 Å². The number of nitrogens with zero attached hydrogens (tertiary/aromatic N) is 2. The van der Waals surface area contributed by atoms with Gasteiger partial charge >= 0.3 is 0 Å². The summed E-state index contributed by atoms with van der Waals surface area (Å²) in [5, 5.41) is 8.11. The Morgan fingerprint density at radius 1 is 0.900 bits per heavy atom. The van der Waals surface area contributed by atoms with Crippen LogP contribution in [0, 0.1) is 0 Å². The lowest BCUT2D eigenvalue weighted by Crippen LogP contribution is -2.06. The summed E-state index contributed by atoms with van der Waals surface area (Å²) in [5.41, 5.74) is 2.74. The van der Waals surface area contributed by atoms with Crippen molar-refractivity contribution in [2.45, 2.75) is 6.54 Å². The molecular weight excluding hydrogens is 400 g/mol. The van der Waals surface area contributed by atoms with Gasteiger partial charge < -0.3 is 20.1 Å². The van der Waals surface area contributed by atoms with Crippen molar-refractivity contribution in [1.29, 1.82) is 0 Å². The number of methoxy groups -OCH3 is 2. The largest absolute Gasteiger partial charge is 0.497 e. The molecule has 7 heteroatoms. The first-order valence-electron chi connectivity index (χ1n) is 9.40. The first-order valence-corrected chi connectivity index (χ1v) is 9.78. The highest BCUT2D eigenvalue weighted by Gasteiger charge is 2.09. The smallest absolute Gasteiger partial charge is 0.229 e. The molecule has 0 aliphatic heterocycles. The number of benzene rings is 3. The number of hydrogen-bond acceptors (Lipinski definition) is 6. The van der Waals surface area contributed by atoms with E-state index in [4.69, 9.17) is 21.1 Å². The fourth-order valence-corrected chi connectivity index (χ4v) is 3.33. The van der Waals surface area contributed by atoms with Gasteiger partial charge in [-0.2, -0.15) is 4.98 Å². The second-order valence-electron chi connectivity index (χ2n) is 6.59. The molecule has 30 heavy (non-hydrogen) atoms. The first kappa shape index (κ1) is 19.8. The van der Waals surface area contributed by atoms with Crippen LogP contribution in [0.3, 0.4) is 0 Å². The highest BCUT2D eigenvalue weighted by atomic mass is 35.5. The van der Waals surface area contributed by atoms with Gasteiger partial charge in [-0.05, 0) is 48.0 Å². The summed E-state index contributed by atoms with van der Waals surface area (Å²) in [4.78, 5) is 9.31. The van der Waals surface area contributed by atoms with Gasteiger partial charge in [-0.25, -0.2) is 4.98 Å². The van der Waals surface area contributed by atoms with Gasteiger partial charge in [0.2, 0.25) is 5.95 Å². The maximum absolute atomic E-state index is 6.23. The topological polar surface area (TPSA) is 68.3 Å². The molecule has 0 saturated carbocycles. The normalized spacial score (nSPS) is 10.6. The van der Waals surface area contributed by atoms with Gasteiger partial charge in [0.05, 0.1) is 24.8 Å². The second-order valence-corrected chi connectivity index (χ2v) is 7.00. The van der Waals surface area contributed by atoms with Crippen LogP contribution < -0.4 is 20.1 Å².